The number of hydrogen-bond acceptors (Lipinski definition) is 7. The Morgan fingerprint density at radius 2 is 2.08 bits per heavy atom. The van der Waals surface area contributed by atoms with Gasteiger partial charge in [-0.3, -0.25) is 9.10 Å². The average molecular weight is 553 g/mol. The van der Waals surface area contributed by atoms with E-state index in [1.165, 1.54) is 27.3 Å². The van der Waals surface area contributed by atoms with Crippen LogP contribution in [-0.2, 0) is 14.9 Å². The first-order chi connectivity index (χ1) is 17.8. The summed E-state index contributed by atoms with van der Waals surface area (Å²) < 4.78 is 50.3. The summed E-state index contributed by atoms with van der Waals surface area (Å²) in [6, 6.07) is 5.21. The van der Waals surface area contributed by atoms with Crippen molar-refractivity contribution >= 4 is 33.2 Å². The molecule has 0 amide bonds. The van der Waals surface area contributed by atoms with E-state index in [0.717, 1.165) is 29.8 Å². The highest BCUT2D eigenvalue weighted by Gasteiger charge is 2.35. The summed E-state index contributed by atoms with van der Waals surface area (Å²) in [4.78, 5) is 12.9. The number of aromatic nitrogens is 2. The number of rotatable bonds is 8. The summed E-state index contributed by atoms with van der Waals surface area (Å²) in [7, 11) is -4.03. The minimum Gasteiger partial charge on any atom is -0.382 e. The van der Waals surface area contributed by atoms with Crippen LogP contribution in [0.1, 0.15) is 44.2 Å². The molecule has 0 saturated carbocycles. The lowest BCUT2D eigenvalue weighted by Crippen LogP contribution is -2.48. The van der Waals surface area contributed by atoms with Gasteiger partial charge in [0.15, 0.2) is 0 Å². The predicted octanol–water partition coefficient (Wildman–Crippen LogP) is 3.15. The molecule has 200 valence electrons. The van der Waals surface area contributed by atoms with E-state index >= 15 is 0 Å². The largest absolute Gasteiger partial charge is 0.382 e. The number of nitrogens with one attached hydrogen (secondary N) is 1. The molecule has 2 saturated heterocycles. The molecule has 0 radical (unpaired) electrons. The quantitative estimate of drug-likeness (QED) is 0.534. The lowest BCUT2D eigenvalue weighted by molar-refractivity contribution is 0.0595. The van der Waals surface area contributed by atoms with E-state index in [9.17, 15) is 17.6 Å². The van der Waals surface area contributed by atoms with Crippen LogP contribution in [0, 0.1) is 23.1 Å². The number of anilines is 2. The Hall–Kier alpha value is -2.72. The molecule has 1 N–H and O–H groups in total. The van der Waals surface area contributed by atoms with Crippen molar-refractivity contribution < 1.29 is 17.5 Å². The Labute approximate surface area is 220 Å². The molecule has 2 aliphatic rings. The van der Waals surface area contributed by atoms with Crippen molar-refractivity contribution in [1.82, 2.24) is 14.1 Å². The molecule has 13 heteroatoms. The van der Waals surface area contributed by atoms with Crippen LogP contribution in [0.4, 0.5) is 15.8 Å². The molecule has 0 unspecified atom stereocenters. The van der Waals surface area contributed by atoms with Gasteiger partial charge in [-0.1, -0.05) is 11.6 Å². The fourth-order valence-corrected chi connectivity index (χ4v) is 6.62. The van der Waals surface area contributed by atoms with Crippen LogP contribution in [0.5, 0.6) is 0 Å². The number of nitrogens with zero attached hydrogens (tertiary/aromatic N) is 5. The molecule has 2 fully saturated rings. The highest BCUT2D eigenvalue weighted by molar-refractivity contribution is 7.90. The van der Waals surface area contributed by atoms with Gasteiger partial charge in [-0.05, 0) is 56.7 Å². The van der Waals surface area contributed by atoms with E-state index in [2.05, 4.69) is 10.4 Å². The second-order valence-corrected chi connectivity index (χ2v) is 11.4. The first kappa shape index (κ1) is 27.3. The first-order valence-electron chi connectivity index (χ1n) is 12.3. The first-order valence-corrected chi connectivity index (χ1v) is 14.1. The SMILES string of the molecule is CCN(c1ccc(C#N)cc1F)S(=O)(=O)N1CCC(n2ncc(NC[C@H]3CCCOC3)c(Cl)c2=O)CC1. The third kappa shape index (κ3) is 5.90. The maximum absolute atomic E-state index is 14.6. The molecule has 1 atom stereocenters. The molecule has 0 aliphatic carbocycles. The normalized spacial score (nSPS) is 19.4. The number of benzene rings is 1. The van der Waals surface area contributed by atoms with E-state index in [1.807, 2.05) is 6.07 Å². The maximum Gasteiger partial charge on any atom is 0.304 e. The van der Waals surface area contributed by atoms with Gasteiger partial charge in [-0.25, -0.2) is 9.07 Å². The molecular formula is C24H30ClFN6O4S. The van der Waals surface area contributed by atoms with Crippen LogP contribution in [0.3, 0.4) is 0 Å². The van der Waals surface area contributed by atoms with Gasteiger partial charge in [0.2, 0.25) is 0 Å². The van der Waals surface area contributed by atoms with Gasteiger partial charge >= 0.3 is 10.2 Å². The highest BCUT2D eigenvalue weighted by atomic mass is 35.5. The Morgan fingerprint density at radius 1 is 1.32 bits per heavy atom. The van der Waals surface area contributed by atoms with Crippen LogP contribution in [0.2, 0.25) is 5.02 Å². The molecule has 2 aromatic rings. The summed E-state index contributed by atoms with van der Waals surface area (Å²) in [5, 5.41) is 16.5. The van der Waals surface area contributed by atoms with Crippen molar-refractivity contribution in [3.05, 3.63) is 51.2 Å². The van der Waals surface area contributed by atoms with Crippen LogP contribution >= 0.6 is 11.6 Å². The van der Waals surface area contributed by atoms with E-state index in [-0.39, 0.29) is 41.9 Å². The maximum atomic E-state index is 14.6. The second kappa shape index (κ2) is 11.8. The fraction of sp³-hybridized carbons (Fsp3) is 0.542. The fourth-order valence-electron chi connectivity index (χ4n) is 4.74. The number of halogens is 2. The van der Waals surface area contributed by atoms with Crippen LogP contribution in [0.25, 0.3) is 0 Å². The average Bonchev–Trinajstić information content (AvgIpc) is 2.91. The zero-order valence-electron chi connectivity index (χ0n) is 20.6. The lowest BCUT2D eigenvalue weighted by atomic mass is 10.0. The molecule has 1 aromatic carbocycles. The van der Waals surface area contributed by atoms with Crippen molar-refractivity contribution in [1.29, 1.82) is 5.26 Å². The molecule has 0 spiro atoms. The van der Waals surface area contributed by atoms with Gasteiger partial charge in [-0.2, -0.15) is 23.1 Å². The van der Waals surface area contributed by atoms with Crippen molar-refractivity contribution in [2.24, 2.45) is 5.92 Å². The summed E-state index contributed by atoms with van der Waals surface area (Å²) in [5.74, 6) is -0.437. The minimum absolute atomic E-state index is 0.0170. The number of piperidine rings is 1. The van der Waals surface area contributed by atoms with Gasteiger partial charge in [0.25, 0.3) is 5.56 Å². The predicted molar refractivity (Wildman–Crippen MR) is 138 cm³/mol. The van der Waals surface area contributed by atoms with Crippen molar-refractivity contribution in [3.63, 3.8) is 0 Å². The summed E-state index contributed by atoms with van der Waals surface area (Å²) in [6.45, 7) is 3.98. The Morgan fingerprint density at radius 3 is 2.70 bits per heavy atom. The van der Waals surface area contributed by atoms with Gasteiger partial charge in [0, 0.05) is 32.8 Å². The second-order valence-electron chi connectivity index (χ2n) is 9.17. The van der Waals surface area contributed by atoms with Gasteiger partial charge in [0.1, 0.15) is 10.8 Å². The van der Waals surface area contributed by atoms with E-state index in [4.69, 9.17) is 21.6 Å². The summed E-state index contributed by atoms with van der Waals surface area (Å²) in [5.41, 5.74) is 0.0340. The van der Waals surface area contributed by atoms with Crippen molar-refractivity contribution in [2.45, 2.75) is 38.6 Å². The van der Waals surface area contributed by atoms with Crippen LogP contribution in [-0.4, -0.2) is 61.9 Å². The summed E-state index contributed by atoms with van der Waals surface area (Å²) >= 11 is 6.37. The summed E-state index contributed by atoms with van der Waals surface area (Å²) in [6.07, 6.45) is 4.28. The molecule has 10 nitrogen and oxygen atoms in total. The molecule has 3 heterocycles. The van der Waals surface area contributed by atoms with E-state index in [0.29, 0.717) is 37.6 Å². The zero-order chi connectivity index (χ0) is 26.6. The number of ether oxygens (including phenoxy) is 1. The topological polar surface area (TPSA) is 121 Å². The monoisotopic (exact) mass is 552 g/mol. The van der Waals surface area contributed by atoms with Crippen molar-refractivity contribution in [3.8, 4) is 6.07 Å². The van der Waals surface area contributed by atoms with Gasteiger partial charge in [-0.15, -0.1) is 0 Å². The molecular weight excluding hydrogens is 523 g/mol. The Bertz CT molecular complexity index is 1320. The minimum atomic E-state index is -4.03. The van der Waals surface area contributed by atoms with E-state index in [1.54, 1.807) is 6.92 Å². The zero-order valence-corrected chi connectivity index (χ0v) is 22.1. The molecule has 4 rings (SSSR count). The van der Waals surface area contributed by atoms with E-state index < -0.39 is 21.6 Å². The number of hydrogen-bond donors (Lipinski definition) is 1. The number of nitriles is 1. The lowest BCUT2D eigenvalue weighted by Gasteiger charge is -2.35. The third-order valence-electron chi connectivity index (χ3n) is 6.79. The Kier molecular flexibility index (Phi) is 8.69. The highest BCUT2D eigenvalue weighted by Crippen LogP contribution is 2.29. The Balaban J connectivity index is 1.43. The molecule has 2 aliphatic heterocycles. The van der Waals surface area contributed by atoms with Crippen molar-refractivity contribution in [2.75, 3.05) is 49.0 Å². The smallest absolute Gasteiger partial charge is 0.304 e. The molecule has 0 bridgehead atoms. The standard InChI is InChI=1S/C24H30ClFN6O4S/c1-2-31(22-6-5-17(13-27)12-20(22)26)37(34,35)30-9-7-19(8-10-30)32-24(33)23(25)21(15-29-32)28-14-18-4-3-11-36-16-18/h5-6,12,15,18-19,28H,2-4,7-11,14,16H2,1H3/t18-/m1/s1. The molecule has 1 aromatic heterocycles. The van der Waals surface area contributed by atoms with Gasteiger partial charge < -0.3 is 10.1 Å². The van der Waals surface area contributed by atoms with Crippen LogP contribution < -0.4 is 15.2 Å². The van der Waals surface area contributed by atoms with Crippen LogP contribution in [0.15, 0.2) is 29.2 Å². The third-order valence-corrected chi connectivity index (χ3v) is 9.18. The molecule has 37 heavy (non-hydrogen) atoms. The van der Waals surface area contributed by atoms with Gasteiger partial charge in [0.05, 0.1) is 41.9 Å².